The van der Waals surface area contributed by atoms with Crippen LogP contribution >= 0.6 is 0 Å². The number of rotatable bonds is 12. The van der Waals surface area contributed by atoms with Crippen molar-refractivity contribution < 1.29 is 32.2 Å². The molecule has 0 aliphatic carbocycles. The quantitative estimate of drug-likeness (QED) is 0.245. The highest BCUT2D eigenvalue weighted by molar-refractivity contribution is 7.92. The Morgan fingerprint density at radius 1 is 0.930 bits per heavy atom. The molecule has 0 radical (unpaired) electrons. The minimum atomic E-state index is -4.16. The van der Waals surface area contributed by atoms with E-state index in [9.17, 15) is 18.0 Å². The molecule has 0 saturated carbocycles. The smallest absolute Gasteiger partial charge is 0.264 e. The highest BCUT2D eigenvalue weighted by atomic mass is 32.2. The number of ether oxygens (including phenoxy) is 3. The molecule has 0 bridgehead atoms. The highest BCUT2D eigenvalue weighted by Gasteiger charge is 2.29. The number of methoxy groups -OCH3 is 2. The summed E-state index contributed by atoms with van der Waals surface area (Å²) in [5.74, 6) is 0.523. The Morgan fingerprint density at radius 2 is 1.60 bits per heavy atom. The molecule has 0 spiro atoms. The number of hydrogen-bond acceptors (Lipinski definition) is 8. The zero-order chi connectivity index (χ0) is 30.8. The third kappa shape index (κ3) is 8.25. The molecule has 4 rings (SSSR count). The van der Waals surface area contributed by atoms with Crippen LogP contribution in [0.4, 0.5) is 5.69 Å². The summed E-state index contributed by atoms with van der Waals surface area (Å²) in [6.45, 7) is 2.81. The van der Waals surface area contributed by atoms with E-state index in [1.165, 1.54) is 38.6 Å². The number of benzene rings is 3. The second-order valence-corrected chi connectivity index (χ2v) is 11.8. The SMILES string of the molecule is COc1ccc(N(CC(=O)N/N=C\c2ccc(OCC(=O)N3CCCCC3)cc2)S(=O)(=O)c2ccc(C)cc2)c(OC)c1. The molecule has 2 amide bonds. The zero-order valence-corrected chi connectivity index (χ0v) is 25.3. The Kier molecular flexibility index (Phi) is 10.6. The second kappa shape index (κ2) is 14.5. The molecule has 0 aromatic heterocycles. The maximum absolute atomic E-state index is 13.7. The topological polar surface area (TPSA) is 127 Å². The van der Waals surface area contributed by atoms with Crippen LogP contribution in [0.25, 0.3) is 0 Å². The number of hydrogen-bond donors (Lipinski definition) is 1. The minimum absolute atomic E-state index is 0.0206. The van der Waals surface area contributed by atoms with Crippen molar-refractivity contribution in [2.75, 3.05) is 44.8 Å². The summed E-state index contributed by atoms with van der Waals surface area (Å²) in [5.41, 5.74) is 4.11. The van der Waals surface area contributed by atoms with Crippen molar-refractivity contribution in [1.29, 1.82) is 0 Å². The minimum Gasteiger partial charge on any atom is -0.497 e. The van der Waals surface area contributed by atoms with Gasteiger partial charge < -0.3 is 19.1 Å². The predicted octanol–water partition coefficient (Wildman–Crippen LogP) is 3.75. The number of anilines is 1. The number of carbonyl (C=O) groups excluding carboxylic acids is 2. The second-order valence-electron chi connectivity index (χ2n) is 9.95. The Bertz CT molecular complexity index is 1540. The number of nitrogens with one attached hydrogen (secondary N) is 1. The fraction of sp³-hybridized carbons (Fsp3) is 0.323. The number of piperidine rings is 1. The van der Waals surface area contributed by atoms with Crippen LogP contribution in [-0.2, 0) is 19.6 Å². The summed E-state index contributed by atoms with van der Waals surface area (Å²) >= 11 is 0. The average molecular weight is 609 g/mol. The van der Waals surface area contributed by atoms with Gasteiger partial charge in [0, 0.05) is 19.2 Å². The molecule has 1 N–H and O–H groups in total. The zero-order valence-electron chi connectivity index (χ0n) is 24.5. The van der Waals surface area contributed by atoms with Crippen LogP contribution in [0, 0.1) is 6.92 Å². The van der Waals surface area contributed by atoms with Crippen LogP contribution in [0.1, 0.15) is 30.4 Å². The summed E-state index contributed by atoms with van der Waals surface area (Å²) in [6.07, 6.45) is 4.61. The van der Waals surface area contributed by atoms with E-state index < -0.39 is 22.5 Å². The molecule has 12 heteroatoms. The summed E-state index contributed by atoms with van der Waals surface area (Å²) < 4.78 is 44.7. The van der Waals surface area contributed by atoms with Gasteiger partial charge >= 0.3 is 0 Å². The molecule has 1 heterocycles. The molecule has 3 aromatic carbocycles. The van der Waals surface area contributed by atoms with Crippen LogP contribution in [-0.4, -0.2) is 71.8 Å². The van der Waals surface area contributed by atoms with Crippen molar-refractivity contribution in [3.63, 3.8) is 0 Å². The number of carbonyl (C=O) groups is 2. The van der Waals surface area contributed by atoms with Crippen LogP contribution in [0.5, 0.6) is 17.2 Å². The molecule has 1 saturated heterocycles. The van der Waals surface area contributed by atoms with Crippen LogP contribution in [0.3, 0.4) is 0 Å². The third-order valence-electron chi connectivity index (χ3n) is 6.91. The van der Waals surface area contributed by atoms with Crippen LogP contribution in [0.15, 0.2) is 76.7 Å². The number of hydrazone groups is 1. The van der Waals surface area contributed by atoms with Gasteiger partial charge in [-0.3, -0.25) is 13.9 Å². The van der Waals surface area contributed by atoms with E-state index in [-0.39, 0.29) is 28.8 Å². The number of amides is 2. The average Bonchev–Trinajstić information content (AvgIpc) is 3.03. The van der Waals surface area contributed by atoms with E-state index >= 15 is 0 Å². The van der Waals surface area contributed by atoms with Gasteiger partial charge in [0.2, 0.25) is 0 Å². The summed E-state index contributed by atoms with van der Waals surface area (Å²) in [7, 11) is -1.27. The number of aryl methyl sites for hydroxylation is 1. The van der Waals surface area contributed by atoms with Gasteiger partial charge in [-0.25, -0.2) is 13.8 Å². The summed E-state index contributed by atoms with van der Waals surface area (Å²) in [4.78, 5) is 27.1. The van der Waals surface area contributed by atoms with Crippen LogP contribution < -0.4 is 23.9 Å². The molecule has 1 aliphatic heterocycles. The number of sulfonamides is 1. The highest BCUT2D eigenvalue weighted by Crippen LogP contribution is 2.35. The molecular formula is C31H36N4O7S. The largest absolute Gasteiger partial charge is 0.497 e. The van der Waals surface area contributed by atoms with E-state index in [2.05, 4.69) is 10.5 Å². The van der Waals surface area contributed by atoms with E-state index in [4.69, 9.17) is 14.2 Å². The third-order valence-corrected chi connectivity index (χ3v) is 8.68. The van der Waals surface area contributed by atoms with Gasteiger partial charge in [0.15, 0.2) is 6.61 Å². The lowest BCUT2D eigenvalue weighted by Gasteiger charge is -2.26. The molecule has 0 atom stereocenters. The van der Waals surface area contributed by atoms with Crippen molar-refractivity contribution >= 4 is 33.7 Å². The predicted molar refractivity (Wildman–Crippen MR) is 163 cm³/mol. The first-order valence-corrected chi connectivity index (χ1v) is 15.3. The Hall–Kier alpha value is -4.58. The maximum Gasteiger partial charge on any atom is 0.264 e. The molecule has 43 heavy (non-hydrogen) atoms. The first-order valence-electron chi connectivity index (χ1n) is 13.9. The molecule has 1 aliphatic rings. The van der Waals surface area contributed by atoms with Gasteiger partial charge in [-0.2, -0.15) is 5.10 Å². The van der Waals surface area contributed by atoms with Crippen molar-refractivity contribution in [2.45, 2.75) is 31.1 Å². The van der Waals surface area contributed by atoms with Crippen molar-refractivity contribution in [3.8, 4) is 17.2 Å². The normalized spacial score (nSPS) is 13.4. The van der Waals surface area contributed by atoms with E-state index in [1.54, 1.807) is 48.5 Å². The van der Waals surface area contributed by atoms with Crippen LogP contribution in [0.2, 0.25) is 0 Å². The summed E-state index contributed by atoms with van der Waals surface area (Å²) in [6, 6.07) is 17.9. The number of likely N-dealkylation sites (tertiary alicyclic amines) is 1. The van der Waals surface area contributed by atoms with E-state index in [0.29, 0.717) is 17.1 Å². The van der Waals surface area contributed by atoms with Gasteiger partial charge in [-0.15, -0.1) is 0 Å². The fourth-order valence-corrected chi connectivity index (χ4v) is 5.93. The Balaban J connectivity index is 1.42. The van der Waals surface area contributed by atoms with E-state index in [0.717, 1.165) is 42.2 Å². The first-order chi connectivity index (χ1) is 20.7. The monoisotopic (exact) mass is 608 g/mol. The van der Waals surface area contributed by atoms with Gasteiger partial charge in [0.25, 0.3) is 21.8 Å². The molecule has 1 fully saturated rings. The molecule has 3 aromatic rings. The molecular weight excluding hydrogens is 572 g/mol. The van der Waals surface area contributed by atoms with E-state index in [1.807, 2.05) is 11.8 Å². The lowest BCUT2D eigenvalue weighted by atomic mass is 10.1. The maximum atomic E-state index is 13.7. The van der Waals surface area contributed by atoms with Crippen molar-refractivity contribution in [3.05, 3.63) is 77.9 Å². The summed E-state index contributed by atoms with van der Waals surface area (Å²) in [5, 5.41) is 3.99. The molecule has 11 nitrogen and oxygen atoms in total. The van der Waals surface area contributed by atoms with Gasteiger partial charge in [0.05, 0.1) is 31.0 Å². The van der Waals surface area contributed by atoms with Gasteiger partial charge in [-0.1, -0.05) is 17.7 Å². The molecule has 0 unspecified atom stereocenters. The Labute approximate surface area is 252 Å². The van der Waals surface area contributed by atoms with Crippen molar-refractivity contribution in [2.24, 2.45) is 5.10 Å². The standard InChI is InChI=1S/C31H36N4O7S/c1-23-7-14-27(15-8-23)43(38,39)35(28-16-13-26(40-2)19-29(28)41-3)21-30(36)33-32-20-24-9-11-25(12-10-24)42-22-31(37)34-17-5-4-6-18-34/h7-16,19-20H,4-6,17-18,21-22H2,1-3H3,(H,33,36)/b32-20-. The lowest BCUT2D eigenvalue weighted by Crippen LogP contribution is -2.39. The van der Waals surface area contributed by atoms with Gasteiger partial charge in [-0.05, 0) is 80.3 Å². The Morgan fingerprint density at radius 3 is 2.26 bits per heavy atom. The lowest BCUT2D eigenvalue weighted by molar-refractivity contribution is -0.134. The number of nitrogens with zero attached hydrogens (tertiary/aromatic N) is 3. The van der Waals surface area contributed by atoms with Crippen molar-refractivity contribution in [1.82, 2.24) is 10.3 Å². The fourth-order valence-electron chi connectivity index (χ4n) is 4.50. The molecule has 228 valence electrons. The van der Waals surface area contributed by atoms with Gasteiger partial charge in [0.1, 0.15) is 23.8 Å². The first kappa shape index (κ1) is 31.4.